The number of benzene rings is 2. The SMILES string of the molecule is Cc1cc(C)c(-[n+]2ccn(Cn3cc[n+](-c4c(C)cc(C)cc4C)c3)c2)c(C)c1. The van der Waals surface area contributed by atoms with Crippen LogP contribution in [-0.2, 0) is 6.67 Å². The van der Waals surface area contributed by atoms with E-state index in [1.807, 2.05) is 0 Å². The van der Waals surface area contributed by atoms with Gasteiger partial charge in [0.15, 0.2) is 0 Å². The van der Waals surface area contributed by atoms with E-state index in [1.165, 1.54) is 44.8 Å². The molecule has 0 radical (unpaired) electrons. The van der Waals surface area contributed by atoms with Crippen molar-refractivity contribution in [3.63, 3.8) is 0 Å². The van der Waals surface area contributed by atoms with Gasteiger partial charge in [0.1, 0.15) is 36.2 Å². The Bertz CT molecular complexity index is 1050. The Morgan fingerprint density at radius 2 is 0.931 bits per heavy atom. The third kappa shape index (κ3) is 3.75. The lowest BCUT2D eigenvalue weighted by Gasteiger charge is -2.07. The Labute approximate surface area is 173 Å². The number of rotatable bonds is 4. The molecule has 0 unspecified atom stereocenters. The second-order valence-electron chi connectivity index (χ2n) is 8.31. The second-order valence-corrected chi connectivity index (χ2v) is 8.31. The highest BCUT2D eigenvalue weighted by Gasteiger charge is 2.16. The van der Waals surface area contributed by atoms with Crippen molar-refractivity contribution in [2.45, 2.75) is 48.2 Å². The molecule has 0 bridgehead atoms. The summed E-state index contributed by atoms with van der Waals surface area (Å²) in [5.41, 5.74) is 10.3. The van der Waals surface area contributed by atoms with Crippen LogP contribution in [0.1, 0.15) is 33.4 Å². The van der Waals surface area contributed by atoms with Gasteiger partial charge >= 0.3 is 0 Å². The summed E-state index contributed by atoms with van der Waals surface area (Å²) >= 11 is 0. The van der Waals surface area contributed by atoms with E-state index in [0.717, 1.165) is 6.67 Å². The van der Waals surface area contributed by atoms with E-state index in [4.69, 9.17) is 0 Å². The molecule has 0 saturated carbocycles. The Hall–Kier alpha value is -3.14. The van der Waals surface area contributed by atoms with Crippen LogP contribution in [0, 0.1) is 41.5 Å². The summed E-state index contributed by atoms with van der Waals surface area (Å²) in [7, 11) is 0. The molecule has 4 rings (SSSR count). The van der Waals surface area contributed by atoms with Gasteiger partial charge in [-0.3, -0.25) is 0 Å². The first kappa shape index (κ1) is 19.2. The number of imidazole rings is 2. The molecule has 4 heteroatoms. The van der Waals surface area contributed by atoms with Gasteiger partial charge in [0.05, 0.1) is 0 Å². The Kier molecular flexibility index (Phi) is 4.87. The predicted octanol–water partition coefficient (Wildman–Crippen LogP) is 4.20. The maximum Gasteiger partial charge on any atom is 0.252 e. The molecule has 0 N–H and O–H groups in total. The standard InChI is InChI=1S/C25H30N4/c1-18-11-20(3)24(21(4)12-18)28-9-7-26(16-28)15-27-8-10-29(17-27)25-22(5)13-19(2)14-23(25)6/h7-14,16-17H,15H2,1-6H3/q+2. The Balaban J connectivity index is 1.60. The van der Waals surface area contributed by atoms with Gasteiger partial charge in [0, 0.05) is 0 Å². The number of aryl methyl sites for hydroxylation is 6. The fourth-order valence-electron chi connectivity index (χ4n) is 4.57. The van der Waals surface area contributed by atoms with Gasteiger partial charge in [0.2, 0.25) is 6.67 Å². The summed E-state index contributed by atoms with van der Waals surface area (Å²) in [5, 5.41) is 0. The molecule has 29 heavy (non-hydrogen) atoms. The van der Waals surface area contributed by atoms with Crippen molar-refractivity contribution in [2.75, 3.05) is 0 Å². The van der Waals surface area contributed by atoms with Gasteiger partial charge < -0.3 is 0 Å². The molecular formula is C25H30N4+2. The number of aromatic nitrogens is 4. The van der Waals surface area contributed by atoms with E-state index >= 15 is 0 Å². The molecule has 4 nitrogen and oxygen atoms in total. The molecule has 0 aliphatic heterocycles. The largest absolute Gasteiger partial charge is 0.252 e. The first-order valence-electron chi connectivity index (χ1n) is 10.1. The zero-order chi connectivity index (χ0) is 20.7. The molecule has 0 aliphatic rings. The number of hydrogen-bond donors (Lipinski definition) is 0. The lowest BCUT2D eigenvalue weighted by atomic mass is 10.1. The van der Waals surface area contributed by atoms with Gasteiger partial charge in [-0.2, -0.15) is 9.13 Å². The van der Waals surface area contributed by atoms with Crippen LogP contribution in [0.5, 0.6) is 0 Å². The van der Waals surface area contributed by atoms with Crippen LogP contribution in [0.15, 0.2) is 61.7 Å². The molecule has 4 aromatic rings. The van der Waals surface area contributed by atoms with Gasteiger partial charge in [-0.15, -0.1) is 0 Å². The zero-order valence-corrected chi connectivity index (χ0v) is 18.3. The third-order valence-electron chi connectivity index (χ3n) is 5.50. The van der Waals surface area contributed by atoms with Crippen LogP contribution in [0.4, 0.5) is 0 Å². The summed E-state index contributed by atoms with van der Waals surface area (Å²) in [6, 6.07) is 8.98. The molecule has 2 heterocycles. The van der Waals surface area contributed by atoms with Gasteiger partial charge in [-0.1, -0.05) is 35.4 Å². The Morgan fingerprint density at radius 3 is 1.28 bits per heavy atom. The average molecular weight is 387 g/mol. The quantitative estimate of drug-likeness (QED) is 0.468. The van der Waals surface area contributed by atoms with Crippen LogP contribution in [0.2, 0.25) is 0 Å². The van der Waals surface area contributed by atoms with Crippen LogP contribution >= 0.6 is 0 Å². The van der Waals surface area contributed by atoms with Crippen molar-refractivity contribution in [3.05, 3.63) is 95.1 Å². The van der Waals surface area contributed by atoms with E-state index in [1.54, 1.807) is 0 Å². The summed E-state index contributed by atoms with van der Waals surface area (Å²) in [4.78, 5) is 0. The minimum absolute atomic E-state index is 0.772. The van der Waals surface area contributed by atoms with Crippen LogP contribution in [-0.4, -0.2) is 9.13 Å². The normalized spacial score (nSPS) is 11.2. The minimum Gasteiger partial charge on any atom is -0.202 e. The van der Waals surface area contributed by atoms with Crippen LogP contribution < -0.4 is 9.13 Å². The van der Waals surface area contributed by atoms with E-state index in [0.29, 0.717) is 0 Å². The molecule has 0 atom stereocenters. The monoisotopic (exact) mass is 386 g/mol. The Morgan fingerprint density at radius 1 is 0.586 bits per heavy atom. The van der Waals surface area contributed by atoms with Crippen molar-refractivity contribution < 1.29 is 9.13 Å². The third-order valence-corrected chi connectivity index (χ3v) is 5.50. The molecular weight excluding hydrogens is 356 g/mol. The summed E-state index contributed by atoms with van der Waals surface area (Å²) in [5.74, 6) is 0. The highest BCUT2D eigenvalue weighted by atomic mass is 15.2. The molecule has 0 amide bonds. The summed E-state index contributed by atoms with van der Waals surface area (Å²) < 4.78 is 8.85. The second kappa shape index (κ2) is 7.36. The highest BCUT2D eigenvalue weighted by Crippen LogP contribution is 2.17. The van der Waals surface area contributed by atoms with Crippen molar-refractivity contribution in [2.24, 2.45) is 0 Å². The van der Waals surface area contributed by atoms with Crippen molar-refractivity contribution in [1.29, 1.82) is 0 Å². The molecule has 2 aromatic carbocycles. The van der Waals surface area contributed by atoms with Crippen LogP contribution in [0.3, 0.4) is 0 Å². The molecule has 0 saturated heterocycles. The fourth-order valence-corrected chi connectivity index (χ4v) is 4.57. The van der Waals surface area contributed by atoms with Gasteiger partial charge in [-0.25, -0.2) is 9.13 Å². The number of hydrogen-bond acceptors (Lipinski definition) is 0. The topological polar surface area (TPSA) is 17.6 Å². The average Bonchev–Trinajstić information content (AvgIpc) is 3.23. The van der Waals surface area contributed by atoms with E-state index < -0.39 is 0 Å². The lowest BCUT2D eigenvalue weighted by molar-refractivity contribution is -0.597. The molecule has 0 spiro atoms. The molecule has 0 aliphatic carbocycles. The van der Waals surface area contributed by atoms with Crippen molar-refractivity contribution in [1.82, 2.24) is 9.13 Å². The molecule has 148 valence electrons. The minimum atomic E-state index is 0.772. The zero-order valence-electron chi connectivity index (χ0n) is 18.3. The predicted molar refractivity (Wildman–Crippen MR) is 116 cm³/mol. The highest BCUT2D eigenvalue weighted by molar-refractivity contribution is 5.43. The maximum absolute atomic E-state index is 2.24. The lowest BCUT2D eigenvalue weighted by Crippen LogP contribution is -2.31. The molecule has 0 fully saturated rings. The maximum atomic E-state index is 2.24. The first-order valence-corrected chi connectivity index (χ1v) is 10.1. The molecule has 2 aromatic heterocycles. The summed E-state index contributed by atoms with van der Waals surface area (Å²) in [6.07, 6.45) is 12.9. The van der Waals surface area contributed by atoms with E-state index in [-0.39, 0.29) is 0 Å². The van der Waals surface area contributed by atoms with Crippen LogP contribution in [0.25, 0.3) is 11.4 Å². The smallest absolute Gasteiger partial charge is 0.202 e. The number of nitrogens with zero attached hydrogens (tertiary/aromatic N) is 4. The van der Waals surface area contributed by atoms with Crippen molar-refractivity contribution >= 4 is 0 Å². The summed E-state index contributed by atoms with van der Waals surface area (Å²) in [6.45, 7) is 13.8. The first-order chi connectivity index (χ1) is 13.8. The van der Waals surface area contributed by atoms with E-state index in [9.17, 15) is 0 Å². The van der Waals surface area contributed by atoms with Gasteiger partial charge in [0.25, 0.3) is 12.7 Å². The van der Waals surface area contributed by atoms with Gasteiger partial charge in [-0.05, 0) is 63.8 Å². The van der Waals surface area contributed by atoms with E-state index in [2.05, 4.69) is 122 Å². The van der Waals surface area contributed by atoms with Crippen molar-refractivity contribution in [3.8, 4) is 11.4 Å². The fraction of sp³-hybridized carbons (Fsp3) is 0.280.